The number of benzene rings is 1. The van der Waals surface area contributed by atoms with E-state index in [4.69, 9.17) is 4.74 Å². The van der Waals surface area contributed by atoms with E-state index in [-0.39, 0.29) is 17.5 Å². The minimum atomic E-state index is 0.00547. The largest absolute Gasteiger partial charge is 0.494 e. The van der Waals surface area contributed by atoms with Crippen molar-refractivity contribution >= 4 is 5.91 Å². The number of hydrogen-bond donors (Lipinski definition) is 0. The highest BCUT2D eigenvalue weighted by atomic mass is 16.5. The maximum Gasteiger partial charge on any atom is 0.345 e. The van der Waals surface area contributed by atoms with Crippen LogP contribution in [0.3, 0.4) is 0 Å². The lowest BCUT2D eigenvalue weighted by molar-refractivity contribution is -0.131. The van der Waals surface area contributed by atoms with Crippen LogP contribution in [0.4, 0.5) is 0 Å². The molecule has 0 atom stereocenters. The fraction of sp³-hybridized carbons (Fsp3) is 0.609. The number of carbonyl (C=O) groups is 1. The van der Waals surface area contributed by atoms with Gasteiger partial charge >= 0.3 is 5.69 Å². The van der Waals surface area contributed by atoms with Gasteiger partial charge in [0, 0.05) is 32.1 Å². The van der Waals surface area contributed by atoms with Gasteiger partial charge < -0.3 is 9.64 Å². The first-order chi connectivity index (χ1) is 14.6. The molecule has 0 radical (unpaired) electrons. The molecule has 1 aliphatic carbocycles. The number of carbonyl (C=O) groups excluding carboxylic acids is 1. The second-order valence-corrected chi connectivity index (χ2v) is 8.48. The number of hydrogen-bond acceptors (Lipinski definition) is 4. The molecule has 7 nitrogen and oxygen atoms in total. The molecule has 0 N–H and O–H groups in total. The van der Waals surface area contributed by atoms with E-state index >= 15 is 0 Å². The third kappa shape index (κ3) is 4.30. The molecule has 7 heteroatoms. The Labute approximate surface area is 177 Å². The van der Waals surface area contributed by atoms with Crippen molar-refractivity contribution in [3.8, 4) is 5.75 Å². The molecule has 2 heterocycles. The maximum atomic E-state index is 12.8. The van der Waals surface area contributed by atoms with E-state index in [0.717, 1.165) is 55.9 Å². The van der Waals surface area contributed by atoms with Crippen molar-refractivity contribution in [3.63, 3.8) is 0 Å². The lowest BCUT2D eigenvalue weighted by Gasteiger charge is -2.32. The number of nitrogens with zero attached hydrogens (tertiary/aromatic N) is 4. The molecule has 1 aromatic carbocycles. The highest BCUT2D eigenvalue weighted by molar-refractivity contribution is 5.78. The number of aromatic nitrogens is 3. The van der Waals surface area contributed by atoms with Crippen molar-refractivity contribution in [2.75, 3.05) is 19.7 Å². The molecule has 0 unspecified atom stereocenters. The summed E-state index contributed by atoms with van der Waals surface area (Å²) in [5.74, 6) is 2.16. The molecule has 2 aliphatic rings. The monoisotopic (exact) mass is 412 g/mol. The Balaban J connectivity index is 1.37. The van der Waals surface area contributed by atoms with Gasteiger partial charge in [-0.15, -0.1) is 0 Å². The Morgan fingerprint density at radius 1 is 1.10 bits per heavy atom. The first-order valence-electron chi connectivity index (χ1n) is 11.2. The molecule has 1 aliphatic heterocycles. The SMILES string of the molecule is CCOc1ccc(CC(=O)N2CCC(c3nn(C)c(=O)n3C3CCCC3)CC2)cc1. The van der Waals surface area contributed by atoms with Gasteiger partial charge in [-0.3, -0.25) is 9.36 Å². The van der Waals surface area contributed by atoms with Gasteiger partial charge in [-0.1, -0.05) is 25.0 Å². The zero-order valence-corrected chi connectivity index (χ0v) is 18.0. The first-order valence-corrected chi connectivity index (χ1v) is 11.2. The standard InChI is InChI=1S/C23H32N4O3/c1-3-30-20-10-8-17(9-11-20)16-21(28)26-14-12-18(13-15-26)22-24-25(2)23(29)27(22)19-6-4-5-7-19/h8-11,18-19H,3-7,12-16H2,1-2H3. The Kier molecular flexibility index (Phi) is 6.25. The van der Waals surface area contributed by atoms with Crippen LogP contribution in [0.1, 0.15) is 68.8 Å². The molecule has 1 aromatic heterocycles. The van der Waals surface area contributed by atoms with Gasteiger partial charge in [-0.25, -0.2) is 9.48 Å². The van der Waals surface area contributed by atoms with Crippen molar-refractivity contribution in [2.45, 2.75) is 63.8 Å². The Bertz CT molecular complexity index is 917. The summed E-state index contributed by atoms with van der Waals surface area (Å²) in [7, 11) is 1.74. The molecular formula is C23H32N4O3. The van der Waals surface area contributed by atoms with Crippen LogP contribution in [0.25, 0.3) is 0 Å². The molecule has 1 saturated heterocycles. The van der Waals surface area contributed by atoms with Gasteiger partial charge in [0.25, 0.3) is 0 Å². The molecule has 1 amide bonds. The zero-order chi connectivity index (χ0) is 21.1. The lowest BCUT2D eigenvalue weighted by Crippen LogP contribution is -2.39. The zero-order valence-electron chi connectivity index (χ0n) is 18.0. The highest BCUT2D eigenvalue weighted by Crippen LogP contribution is 2.33. The smallest absolute Gasteiger partial charge is 0.345 e. The van der Waals surface area contributed by atoms with Crippen LogP contribution in [0, 0.1) is 0 Å². The average molecular weight is 413 g/mol. The second-order valence-electron chi connectivity index (χ2n) is 8.48. The van der Waals surface area contributed by atoms with Gasteiger partial charge in [0.1, 0.15) is 11.6 Å². The van der Waals surface area contributed by atoms with Crippen LogP contribution in [0.2, 0.25) is 0 Å². The summed E-state index contributed by atoms with van der Waals surface area (Å²) in [5, 5.41) is 4.59. The summed E-state index contributed by atoms with van der Waals surface area (Å²) in [5.41, 5.74) is 1.01. The number of ether oxygens (including phenoxy) is 1. The van der Waals surface area contributed by atoms with Crippen molar-refractivity contribution in [2.24, 2.45) is 7.05 Å². The van der Waals surface area contributed by atoms with Gasteiger partial charge in [0.15, 0.2) is 0 Å². The van der Waals surface area contributed by atoms with Crippen molar-refractivity contribution in [1.82, 2.24) is 19.2 Å². The van der Waals surface area contributed by atoms with E-state index in [1.807, 2.05) is 40.7 Å². The van der Waals surface area contributed by atoms with E-state index < -0.39 is 0 Å². The van der Waals surface area contributed by atoms with Crippen LogP contribution in [-0.4, -0.2) is 44.9 Å². The summed E-state index contributed by atoms with van der Waals surface area (Å²) >= 11 is 0. The van der Waals surface area contributed by atoms with Crippen LogP contribution < -0.4 is 10.4 Å². The van der Waals surface area contributed by atoms with Crippen LogP contribution in [-0.2, 0) is 18.3 Å². The van der Waals surface area contributed by atoms with Crippen LogP contribution in [0.15, 0.2) is 29.1 Å². The molecule has 30 heavy (non-hydrogen) atoms. The number of rotatable bonds is 6. The lowest BCUT2D eigenvalue weighted by atomic mass is 9.95. The molecule has 4 rings (SSSR count). The highest BCUT2D eigenvalue weighted by Gasteiger charge is 2.31. The minimum absolute atomic E-state index is 0.00547. The van der Waals surface area contributed by atoms with Gasteiger partial charge in [0.2, 0.25) is 5.91 Å². The third-order valence-corrected chi connectivity index (χ3v) is 6.47. The van der Waals surface area contributed by atoms with E-state index in [1.54, 1.807) is 7.05 Å². The predicted octanol–water partition coefficient (Wildman–Crippen LogP) is 3.04. The minimum Gasteiger partial charge on any atom is -0.494 e. The summed E-state index contributed by atoms with van der Waals surface area (Å²) in [4.78, 5) is 27.4. The third-order valence-electron chi connectivity index (χ3n) is 6.47. The second kappa shape index (κ2) is 9.06. The van der Waals surface area contributed by atoms with Gasteiger partial charge in [-0.05, 0) is 50.3 Å². The number of aryl methyl sites for hydroxylation is 1. The summed E-state index contributed by atoms with van der Waals surface area (Å²) in [6.45, 7) is 4.03. The van der Waals surface area contributed by atoms with Crippen LogP contribution >= 0.6 is 0 Å². The van der Waals surface area contributed by atoms with E-state index in [2.05, 4.69) is 5.10 Å². The molecule has 0 bridgehead atoms. The van der Waals surface area contributed by atoms with Gasteiger partial charge in [0.05, 0.1) is 13.0 Å². The summed E-state index contributed by atoms with van der Waals surface area (Å²) in [6.07, 6.45) is 6.63. The number of likely N-dealkylation sites (tertiary alicyclic amines) is 1. The molecule has 162 valence electrons. The van der Waals surface area contributed by atoms with E-state index in [9.17, 15) is 9.59 Å². The van der Waals surface area contributed by atoms with Gasteiger partial charge in [-0.2, -0.15) is 5.10 Å². The molecule has 2 aromatic rings. The fourth-order valence-corrected chi connectivity index (χ4v) is 4.83. The molecule has 0 spiro atoms. The molecule has 1 saturated carbocycles. The predicted molar refractivity (Wildman–Crippen MR) is 115 cm³/mol. The first kappa shape index (κ1) is 20.7. The summed E-state index contributed by atoms with van der Waals surface area (Å²) in [6, 6.07) is 8.05. The topological polar surface area (TPSA) is 69.4 Å². The average Bonchev–Trinajstić information content (AvgIpc) is 3.38. The van der Waals surface area contributed by atoms with E-state index in [1.165, 1.54) is 17.5 Å². The molecule has 2 fully saturated rings. The van der Waals surface area contributed by atoms with Crippen LogP contribution in [0.5, 0.6) is 5.75 Å². The Morgan fingerprint density at radius 2 is 1.77 bits per heavy atom. The molecular weight excluding hydrogens is 380 g/mol. The number of piperidine rings is 1. The normalized spacial score (nSPS) is 18.1. The van der Waals surface area contributed by atoms with Crippen molar-refractivity contribution < 1.29 is 9.53 Å². The fourth-order valence-electron chi connectivity index (χ4n) is 4.83. The summed E-state index contributed by atoms with van der Waals surface area (Å²) < 4.78 is 8.90. The number of amides is 1. The van der Waals surface area contributed by atoms with Crippen molar-refractivity contribution in [1.29, 1.82) is 0 Å². The van der Waals surface area contributed by atoms with E-state index in [0.29, 0.717) is 19.1 Å². The van der Waals surface area contributed by atoms with Crippen molar-refractivity contribution in [3.05, 3.63) is 46.1 Å². The maximum absolute atomic E-state index is 12.8. The quantitative estimate of drug-likeness (QED) is 0.731. The Hall–Kier alpha value is -2.57. The Morgan fingerprint density at radius 3 is 2.40 bits per heavy atom.